The van der Waals surface area contributed by atoms with Crippen molar-refractivity contribution in [1.29, 1.82) is 0 Å². The third kappa shape index (κ3) is 1.43. The highest BCUT2D eigenvalue weighted by molar-refractivity contribution is 5.91. The zero-order valence-electron chi connectivity index (χ0n) is 8.35. The minimum absolute atomic E-state index is 0.0382. The van der Waals surface area contributed by atoms with Crippen molar-refractivity contribution in [3.8, 4) is 0 Å². The highest BCUT2D eigenvalue weighted by Gasteiger charge is 2.38. The predicted molar refractivity (Wildman–Crippen MR) is 52.3 cm³/mol. The van der Waals surface area contributed by atoms with Crippen LogP contribution >= 0.6 is 0 Å². The number of rotatable bonds is 1. The fourth-order valence-corrected chi connectivity index (χ4v) is 2.50. The average molecular weight is 207 g/mol. The molecule has 0 aliphatic carbocycles. The lowest BCUT2D eigenvalue weighted by atomic mass is 10.1. The van der Waals surface area contributed by atoms with E-state index in [9.17, 15) is 4.79 Å². The zero-order chi connectivity index (χ0) is 10.3. The summed E-state index contributed by atoms with van der Waals surface area (Å²) in [6.07, 6.45) is 2.67. The number of amides is 1. The molecule has 5 heteroatoms. The molecule has 1 aromatic rings. The summed E-state index contributed by atoms with van der Waals surface area (Å²) in [5.41, 5.74) is 0. The third-order valence-corrected chi connectivity index (χ3v) is 3.30. The van der Waals surface area contributed by atoms with Crippen LogP contribution in [-0.4, -0.2) is 41.6 Å². The topological polar surface area (TPSA) is 58.4 Å². The Bertz CT molecular complexity index is 351. The van der Waals surface area contributed by atoms with Gasteiger partial charge in [-0.05, 0) is 18.9 Å². The van der Waals surface area contributed by atoms with Gasteiger partial charge in [0.2, 0.25) is 5.76 Å². The van der Waals surface area contributed by atoms with Crippen LogP contribution in [0.4, 0.5) is 0 Å². The molecule has 2 saturated heterocycles. The van der Waals surface area contributed by atoms with Crippen molar-refractivity contribution >= 4 is 5.91 Å². The van der Waals surface area contributed by atoms with Gasteiger partial charge in [0.1, 0.15) is 0 Å². The molecule has 0 bridgehead atoms. The van der Waals surface area contributed by atoms with Crippen molar-refractivity contribution in [3.63, 3.8) is 0 Å². The second-order valence-corrected chi connectivity index (χ2v) is 4.20. The van der Waals surface area contributed by atoms with Crippen LogP contribution in [0.25, 0.3) is 0 Å². The molecule has 2 aliphatic rings. The maximum atomic E-state index is 11.9. The quantitative estimate of drug-likeness (QED) is 0.710. The second-order valence-electron chi connectivity index (χ2n) is 4.20. The van der Waals surface area contributed by atoms with Crippen molar-refractivity contribution < 1.29 is 9.32 Å². The second kappa shape index (κ2) is 3.34. The van der Waals surface area contributed by atoms with E-state index < -0.39 is 0 Å². The van der Waals surface area contributed by atoms with Crippen LogP contribution in [0, 0.1) is 5.92 Å². The first-order chi connectivity index (χ1) is 7.34. The lowest BCUT2D eigenvalue weighted by Gasteiger charge is -2.14. The van der Waals surface area contributed by atoms with Gasteiger partial charge in [-0.25, -0.2) is 0 Å². The fraction of sp³-hybridized carbons (Fsp3) is 0.600. The van der Waals surface area contributed by atoms with Gasteiger partial charge < -0.3 is 14.7 Å². The highest BCUT2D eigenvalue weighted by Crippen LogP contribution is 2.25. The Hall–Kier alpha value is -1.36. The van der Waals surface area contributed by atoms with E-state index in [4.69, 9.17) is 4.52 Å². The van der Waals surface area contributed by atoms with Crippen LogP contribution < -0.4 is 5.32 Å². The molecule has 15 heavy (non-hydrogen) atoms. The Labute approximate surface area is 87.4 Å². The molecule has 0 radical (unpaired) electrons. The van der Waals surface area contributed by atoms with E-state index in [0.717, 1.165) is 19.6 Å². The fourth-order valence-electron chi connectivity index (χ4n) is 2.50. The van der Waals surface area contributed by atoms with Crippen LogP contribution in [0.5, 0.6) is 0 Å². The zero-order valence-corrected chi connectivity index (χ0v) is 8.35. The molecular weight excluding hydrogens is 194 g/mol. The molecule has 3 heterocycles. The molecule has 1 amide bonds. The maximum absolute atomic E-state index is 11.9. The van der Waals surface area contributed by atoms with Gasteiger partial charge in [-0.1, -0.05) is 5.16 Å². The first-order valence-electron chi connectivity index (χ1n) is 5.28. The van der Waals surface area contributed by atoms with E-state index >= 15 is 0 Å². The van der Waals surface area contributed by atoms with E-state index in [1.807, 2.05) is 4.90 Å². The van der Waals surface area contributed by atoms with Gasteiger partial charge in [-0.2, -0.15) is 0 Å². The Balaban J connectivity index is 1.72. The molecule has 0 saturated carbocycles. The predicted octanol–water partition coefficient (Wildman–Crippen LogP) is 0.108. The van der Waals surface area contributed by atoms with Gasteiger partial charge in [0, 0.05) is 25.2 Å². The van der Waals surface area contributed by atoms with Gasteiger partial charge in [0.05, 0.1) is 6.20 Å². The van der Waals surface area contributed by atoms with E-state index in [1.165, 1.54) is 12.6 Å². The van der Waals surface area contributed by atoms with Crippen LogP contribution in [0.15, 0.2) is 16.8 Å². The van der Waals surface area contributed by atoms with Crippen molar-refractivity contribution in [2.45, 2.75) is 12.5 Å². The summed E-state index contributed by atoms with van der Waals surface area (Å²) in [6, 6.07) is 2.10. The summed E-state index contributed by atoms with van der Waals surface area (Å²) in [5.74, 6) is 0.926. The van der Waals surface area contributed by atoms with Crippen LogP contribution in [0.3, 0.4) is 0 Å². The Morgan fingerprint density at radius 2 is 2.53 bits per heavy atom. The van der Waals surface area contributed by atoms with Gasteiger partial charge in [0.15, 0.2) is 0 Å². The number of fused-ring (bicyclic) bond motifs is 1. The van der Waals surface area contributed by atoms with E-state index in [2.05, 4.69) is 10.5 Å². The first-order valence-corrected chi connectivity index (χ1v) is 5.28. The number of hydrogen-bond donors (Lipinski definition) is 1. The third-order valence-electron chi connectivity index (χ3n) is 3.30. The van der Waals surface area contributed by atoms with Crippen LogP contribution in [0.1, 0.15) is 17.0 Å². The number of aromatic nitrogens is 1. The molecular formula is C10H13N3O2. The molecule has 3 rings (SSSR count). The number of carbonyl (C=O) groups is 1. The maximum Gasteiger partial charge on any atom is 0.292 e. The van der Waals surface area contributed by atoms with Gasteiger partial charge in [-0.3, -0.25) is 4.79 Å². The number of hydrogen-bond acceptors (Lipinski definition) is 4. The summed E-state index contributed by atoms with van der Waals surface area (Å²) >= 11 is 0. The molecule has 80 valence electrons. The average Bonchev–Trinajstić information content (AvgIpc) is 2.92. The number of carbonyl (C=O) groups excluding carboxylic acids is 1. The number of likely N-dealkylation sites (tertiary alicyclic amines) is 1. The number of nitrogens with one attached hydrogen (secondary N) is 1. The van der Waals surface area contributed by atoms with Crippen molar-refractivity contribution in [2.24, 2.45) is 5.92 Å². The largest absolute Gasteiger partial charge is 0.351 e. The van der Waals surface area contributed by atoms with E-state index in [-0.39, 0.29) is 5.91 Å². The molecule has 2 atom stereocenters. The summed E-state index contributed by atoms with van der Waals surface area (Å²) < 4.78 is 4.87. The summed E-state index contributed by atoms with van der Waals surface area (Å²) in [6.45, 7) is 2.72. The molecule has 1 aromatic heterocycles. The monoisotopic (exact) mass is 207 g/mol. The van der Waals surface area contributed by atoms with Gasteiger partial charge in [-0.15, -0.1) is 0 Å². The Kier molecular flexibility index (Phi) is 1.98. The lowest BCUT2D eigenvalue weighted by Crippen LogP contribution is -2.33. The molecule has 1 N–H and O–H groups in total. The molecule has 2 fully saturated rings. The molecule has 5 nitrogen and oxygen atoms in total. The van der Waals surface area contributed by atoms with Crippen LogP contribution in [0.2, 0.25) is 0 Å². The van der Waals surface area contributed by atoms with E-state index in [1.54, 1.807) is 6.07 Å². The van der Waals surface area contributed by atoms with Gasteiger partial charge in [0.25, 0.3) is 5.91 Å². The molecule has 0 unspecified atom stereocenters. The first kappa shape index (κ1) is 8.91. The highest BCUT2D eigenvalue weighted by atomic mass is 16.5. The minimum atomic E-state index is -0.0382. The van der Waals surface area contributed by atoms with E-state index in [0.29, 0.717) is 17.7 Å². The standard InChI is InChI=1S/C10H13N3O2/c14-10(9-2-4-12-15-9)13-5-7-1-3-11-8(7)6-13/h2,4,7-8,11H,1,3,5-6H2/t7-,8+/m0/s1. The van der Waals surface area contributed by atoms with Crippen molar-refractivity contribution in [1.82, 2.24) is 15.4 Å². The van der Waals surface area contributed by atoms with Gasteiger partial charge >= 0.3 is 0 Å². The Morgan fingerprint density at radius 3 is 3.27 bits per heavy atom. The SMILES string of the molecule is O=C(c1ccno1)N1C[C@@H]2CCN[C@@H]2C1. The lowest BCUT2D eigenvalue weighted by molar-refractivity contribution is 0.0741. The van der Waals surface area contributed by atoms with Crippen LogP contribution in [-0.2, 0) is 0 Å². The molecule has 2 aliphatic heterocycles. The Morgan fingerprint density at radius 1 is 1.60 bits per heavy atom. The minimum Gasteiger partial charge on any atom is -0.351 e. The van der Waals surface area contributed by atoms with Crippen molar-refractivity contribution in [3.05, 3.63) is 18.0 Å². The molecule has 0 aromatic carbocycles. The van der Waals surface area contributed by atoms with Crippen molar-refractivity contribution in [2.75, 3.05) is 19.6 Å². The molecule has 0 spiro atoms. The normalized spacial score (nSPS) is 29.5. The summed E-state index contributed by atoms with van der Waals surface area (Å²) in [5, 5.41) is 6.96. The number of nitrogens with zero attached hydrogens (tertiary/aromatic N) is 2. The summed E-state index contributed by atoms with van der Waals surface area (Å²) in [4.78, 5) is 13.8. The smallest absolute Gasteiger partial charge is 0.292 e. The summed E-state index contributed by atoms with van der Waals surface area (Å²) in [7, 11) is 0.